The highest BCUT2D eigenvalue weighted by molar-refractivity contribution is 7.12. The van der Waals surface area contributed by atoms with Crippen molar-refractivity contribution in [1.29, 1.82) is 0 Å². The largest absolute Gasteiger partial charge is 0.390 e. The van der Waals surface area contributed by atoms with Crippen LogP contribution >= 0.6 is 11.3 Å². The number of carbonyl (C=O) groups excluding carboxylic acids is 1. The van der Waals surface area contributed by atoms with Gasteiger partial charge in [-0.3, -0.25) is 4.79 Å². The van der Waals surface area contributed by atoms with Crippen LogP contribution in [0.25, 0.3) is 0 Å². The molecule has 2 heterocycles. The van der Waals surface area contributed by atoms with E-state index in [1.165, 1.54) is 17.4 Å². The lowest BCUT2D eigenvalue weighted by molar-refractivity contribution is 0.0406. The number of hydrogen-bond donors (Lipinski definition) is 0. The quantitative estimate of drug-likeness (QED) is 0.574. The Kier molecular flexibility index (Phi) is 5.71. The molecule has 4 rings (SSSR count). The zero-order chi connectivity index (χ0) is 20.2. The SMILES string of the molecule is Cc1ccccc1C1=NOC(CN(Cc2ccccc2F)C(=O)c2cccs2)C1. The lowest BCUT2D eigenvalue weighted by Gasteiger charge is -2.24. The van der Waals surface area contributed by atoms with Gasteiger partial charge in [-0.25, -0.2) is 4.39 Å². The van der Waals surface area contributed by atoms with E-state index in [9.17, 15) is 9.18 Å². The van der Waals surface area contributed by atoms with Crippen molar-refractivity contribution in [2.45, 2.75) is 26.0 Å². The number of rotatable bonds is 6. The lowest BCUT2D eigenvalue weighted by Crippen LogP contribution is -2.37. The van der Waals surface area contributed by atoms with Gasteiger partial charge in [0.05, 0.1) is 17.1 Å². The second kappa shape index (κ2) is 8.57. The highest BCUT2D eigenvalue weighted by atomic mass is 32.1. The van der Waals surface area contributed by atoms with Crippen LogP contribution in [-0.2, 0) is 11.4 Å². The maximum absolute atomic E-state index is 14.2. The first kappa shape index (κ1) is 19.3. The van der Waals surface area contributed by atoms with Crippen LogP contribution in [-0.4, -0.2) is 29.2 Å². The van der Waals surface area contributed by atoms with Gasteiger partial charge in [0, 0.05) is 24.1 Å². The summed E-state index contributed by atoms with van der Waals surface area (Å²) in [4.78, 5) is 20.9. The van der Waals surface area contributed by atoms with Crippen molar-refractivity contribution >= 4 is 23.0 Å². The van der Waals surface area contributed by atoms with E-state index < -0.39 is 0 Å². The average molecular weight is 408 g/mol. The Balaban J connectivity index is 1.51. The van der Waals surface area contributed by atoms with Crippen LogP contribution in [0.15, 0.2) is 71.2 Å². The molecule has 0 bridgehead atoms. The summed E-state index contributed by atoms with van der Waals surface area (Å²) < 4.78 is 14.2. The van der Waals surface area contributed by atoms with Crippen LogP contribution in [0.3, 0.4) is 0 Å². The highest BCUT2D eigenvalue weighted by Gasteiger charge is 2.28. The highest BCUT2D eigenvalue weighted by Crippen LogP contribution is 2.23. The summed E-state index contributed by atoms with van der Waals surface area (Å²) in [6.45, 7) is 2.56. The number of oxime groups is 1. The second-order valence-corrected chi connectivity index (χ2v) is 7.99. The standard InChI is InChI=1S/C23H21FN2O2S/c1-16-7-2-4-9-19(16)21-13-18(28-25-21)15-26(23(27)22-11-6-12-29-22)14-17-8-3-5-10-20(17)24/h2-12,18H,13-15H2,1H3. The molecule has 0 saturated carbocycles. The minimum Gasteiger partial charge on any atom is -0.390 e. The monoisotopic (exact) mass is 408 g/mol. The molecule has 0 spiro atoms. The Morgan fingerprint density at radius 3 is 2.72 bits per heavy atom. The van der Waals surface area contributed by atoms with Crippen molar-refractivity contribution in [3.8, 4) is 0 Å². The van der Waals surface area contributed by atoms with Crippen LogP contribution in [0.4, 0.5) is 4.39 Å². The number of amides is 1. The molecule has 2 aromatic carbocycles. The van der Waals surface area contributed by atoms with Crippen molar-refractivity contribution in [2.24, 2.45) is 5.16 Å². The minimum atomic E-state index is -0.319. The van der Waals surface area contributed by atoms with Gasteiger partial charge in [-0.1, -0.05) is 53.7 Å². The molecular weight excluding hydrogens is 387 g/mol. The molecule has 6 heteroatoms. The zero-order valence-electron chi connectivity index (χ0n) is 16.0. The average Bonchev–Trinajstić information content (AvgIpc) is 3.41. The molecule has 1 aliphatic rings. The van der Waals surface area contributed by atoms with Gasteiger partial charge < -0.3 is 9.74 Å². The summed E-state index contributed by atoms with van der Waals surface area (Å²) >= 11 is 1.38. The molecule has 1 amide bonds. The van der Waals surface area contributed by atoms with E-state index in [0.29, 0.717) is 23.4 Å². The van der Waals surface area contributed by atoms with E-state index >= 15 is 0 Å². The molecule has 29 heavy (non-hydrogen) atoms. The molecule has 3 aromatic rings. The first-order valence-electron chi connectivity index (χ1n) is 9.46. The van der Waals surface area contributed by atoms with E-state index in [4.69, 9.17) is 4.84 Å². The number of aryl methyl sites for hydroxylation is 1. The normalized spacial score (nSPS) is 15.7. The van der Waals surface area contributed by atoms with Crippen molar-refractivity contribution in [3.63, 3.8) is 0 Å². The number of thiophene rings is 1. The summed E-state index contributed by atoms with van der Waals surface area (Å²) in [5.74, 6) is -0.447. The third kappa shape index (κ3) is 4.38. The van der Waals surface area contributed by atoms with Crippen LogP contribution in [0.1, 0.15) is 32.8 Å². The Bertz CT molecular complexity index is 1030. The predicted octanol–water partition coefficient (Wildman–Crippen LogP) is 5.03. The molecule has 0 aliphatic carbocycles. The van der Waals surface area contributed by atoms with Crippen molar-refractivity contribution < 1.29 is 14.0 Å². The first-order chi connectivity index (χ1) is 14.1. The zero-order valence-corrected chi connectivity index (χ0v) is 16.9. The van der Waals surface area contributed by atoms with Crippen LogP contribution < -0.4 is 0 Å². The first-order valence-corrected chi connectivity index (χ1v) is 10.3. The molecular formula is C23H21FN2O2S. The minimum absolute atomic E-state index is 0.129. The molecule has 0 fully saturated rings. The number of carbonyl (C=O) groups is 1. The lowest BCUT2D eigenvalue weighted by atomic mass is 10.00. The van der Waals surface area contributed by atoms with Gasteiger partial charge in [-0.05, 0) is 30.0 Å². The van der Waals surface area contributed by atoms with Gasteiger partial charge in [0.1, 0.15) is 5.82 Å². The van der Waals surface area contributed by atoms with E-state index in [1.54, 1.807) is 29.2 Å². The smallest absolute Gasteiger partial charge is 0.264 e. The second-order valence-electron chi connectivity index (χ2n) is 7.04. The van der Waals surface area contributed by atoms with Crippen LogP contribution in [0.5, 0.6) is 0 Å². The van der Waals surface area contributed by atoms with E-state index in [-0.39, 0.29) is 24.4 Å². The van der Waals surface area contributed by atoms with Gasteiger partial charge in [0.15, 0.2) is 6.10 Å². The molecule has 0 radical (unpaired) electrons. The summed E-state index contributed by atoms with van der Waals surface area (Å²) in [5.41, 5.74) is 3.55. The van der Waals surface area contributed by atoms with Crippen molar-refractivity contribution in [2.75, 3.05) is 6.54 Å². The fourth-order valence-corrected chi connectivity index (χ4v) is 4.13. The third-order valence-corrected chi connectivity index (χ3v) is 5.81. The summed E-state index contributed by atoms with van der Waals surface area (Å²) in [6.07, 6.45) is 0.344. The van der Waals surface area contributed by atoms with Gasteiger partial charge in [0.25, 0.3) is 5.91 Å². The van der Waals surface area contributed by atoms with Gasteiger partial charge >= 0.3 is 0 Å². The van der Waals surface area contributed by atoms with Crippen molar-refractivity contribution in [3.05, 3.63) is 93.4 Å². The molecule has 4 nitrogen and oxygen atoms in total. The molecule has 1 unspecified atom stereocenters. The Morgan fingerprint density at radius 2 is 1.97 bits per heavy atom. The van der Waals surface area contributed by atoms with Gasteiger partial charge in [0.2, 0.25) is 0 Å². The fraction of sp³-hybridized carbons (Fsp3) is 0.217. The molecule has 1 aliphatic heterocycles. The summed E-state index contributed by atoms with van der Waals surface area (Å²) in [7, 11) is 0. The fourth-order valence-electron chi connectivity index (χ4n) is 3.44. The van der Waals surface area contributed by atoms with Gasteiger partial charge in [-0.2, -0.15) is 0 Å². The van der Waals surface area contributed by atoms with E-state index in [1.807, 2.05) is 42.6 Å². The summed E-state index contributed by atoms with van der Waals surface area (Å²) in [6, 6.07) is 18.2. The topological polar surface area (TPSA) is 41.9 Å². The summed E-state index contributed by atoms with van der Waals surface area (Å²) in [5, 5.41) is 6.12. The predicted molar refractivity (Wildman–Crippen MR) is 113 cm³/mol. The Morgan fingerprint density at radius 1 is 1.17 bits per heavy atom. The van der Waals surface area contributed by atoms with Crippen molar-refractivity contribution in [1.82, 2.24) is 4.90 Å². The van der Waals surface area contributed by atoms with E-state index in [2.05, 4.69) is 5.16 Å². The van der Waals surface area contributed by atoms with Crippen LogP contribution in [0.2, 0.25) is 0 Å². The Hall–Kier alpha value is -2.99. The number of halogens is 1. The maximum Gasteiger partial charge on any atom is 0.264 e. The number of hydrogen-bond acceptors (Lipinski definition) is 4. The molecule has 148 valence electrons. The molecule has 1 atom stereocenters. The van der Waals surface area contributed by atoms with Gasteiger partial charge in [-0.15, -0.1) is 11.3 Å². The van der Waals surface area contributed by atoms with Crippen LogP contribution in [0, 0.1) is 12.7 Å². The maximum atomic E-state index is 14.2. The number of nitrogens with zero attached hydrogens (tertiary/aromatic N) is 2. The third-order valence-electron chi connectivity index (χ3n) is 4.95. The van der Waals surface area contributed by atoms with E-state index in [0.717, 1.165) is 16.8 Å². The molecule has 0 saturated heterocycles. The number of benzene rings is 2. The Labute approximate surface area is 173 Å². The molecule has 0 N–H and O–H groups in total. The molecule has 1 aromatic heterocycles.